The number of nitrogens with zero attached hydrogens (tertiary/aromatic N) is 2. The molecule has 7 heteroatoms. The lowest BCUT2D eigenvalue weighted by Gasteiger charge is -2.15. The van der Waals surface area contributed by atoms with Crippen molar-refractivity contribution in [1.82, 2.24) is 4.31 Å². The van der Waals surface area contributed by atoms with Crippen LogP contribution in [0.1, 0.15) is 17.5 Å². The first kappa shape index (κ1) is 15.9. The Morgan fingerprint density at radius 2 is 2.21 bits per heavy atom. The molecule has 0 aliphatic carbocycles. The van der Waals surface area contributed by atoms with Gasteiger partial charge in [-0.2, -0.15) is 5.26 Å². The summed E-state index contributed by atoms with van der Waals surface area (Å²) in [5.74, 6) is -0.0742. The Morgan fingerprint density at radius 1 is 1.47 bits per heavy atom. The number of nitrogens with two attached hydrogens (primary N) is 1. The van der Waals surface area contributed by atoms with Crippen molar-refractivity contribution in [3.63, 3.8) is 0 Å². The van der Waals surface area contributed by atoms with Gasteiger partial charge in [-0.05, 0) is 24.1 Å². The summed E-state index contributed by atoms with van der Waals surface area (Å²) in [5, 5.41) is 8.78. The van der Waals surface area contributed by atoms with Crippen LogP contribution in [-0.4, -0.2) is 31.9 Å². The Hall–Kier alpha value is -1.13. The van der Waals surface area contributed by atoms with Crippen molar-refractivity contribution in [1.29, 1.82) is 5.26 Å². The van der Waals surface area contributed by atoms with E-state index in [0.717, 1.165) is 0 Å². The van der Waals surface area contributed by atoms with Crippen LogP contribution in [0, 0.1) is 11.3 Å². The summed E-state index contributed by atoms with van der Waals surface area (Å²) in [6, 6.07) is 8.61. The fraction of sp³-hybridized carbons (Fsp3) is 0.417. The fourth-order valence-corrected chi connectivity index (χ4v) is 3.62. The first-order chi connectivity index (χ1) is 8.51. The number of halogens is 1. The van der Waals surface area contributed by atoms with Crippen LogP contribution in [0.4, 0.5) is 0 Å². The van der Waals surface area contributed by atoms with Crippen molar-refractivity contribution in [3.05, 3.63) is 35.4 Å². The second-order valence-electron chi connectivity index (χ2n) is 4.48. The summed E-state index contributed by atoms with van der Waals surface area (Å²) < 4.78 is 25.7. The average molecular weight is 302 g/mol. The molecule has 0 bridgehead atoms. The van der Waals surface area contributed by atoms with E-state index in [9.17, 15) is 8.42 Å². The van der Waals surface area contributed by atoms with Gasteiger partial charge in [0, 0.05) is 19.1 Å². The Labute approximate surface area is 119 Å². The number of benzene rings is 1. The topological polar surface area (TPSA) is 87.2 Å². The standard InChI is InChI=1S/C12H15N3O2S.ClH/c13-7-10-2-1-3-11(6-10)9-18(16,17)15-5-4-12(14)8-15;/h1-3,6,12H,4-5,8-9,14H2;1H. The van der Waals surface area contributed by atoms with E-state index in [-0.39, 0.29) is 24.2 Å². The van der Waals surface area contributed by atoms with Crippen LogP contribution in [0.5, 0.6) is 0 Å². The molecule has 0 spiro atoms. The Balaban J connectivity index is 0.00000180. The first-order valence-electron chi connectivity index (χ1n) is 5.74. The van der Waals surface area contributed by atoms with E-state index in [1.54, 1.807) is 24.3 Å². The summed E-state index contributed by atoms with van der Waals surface area (Å²) >= 11 is 0. The van der Waals surface area contributed by atoms with Gasteiger partial charge < -0.3 is 5.73 Å². The van der Waals surface area contributed by atoms with Gasteiger partial charge in [0.2, 0.25) is 10.0 Å². The quantitative estimate of drug-likeness (QED) is 0.896. The van der Waals surface area contributed by atoms with Crippen LogP contribution in [0.15, 0.2) is 24.3 Å². The largest absolute Gasteiger partial charge is 0.326 e. The third-order valence-electron chi connectivity index (χ3n) is 2.99. The van der Waals surface area contributed by atoms with Crippen LogP contribution >= 0.6 is 12.4 Å². The number of nitriles is 1. The van der Waals surface area contributed by atoms with Gasteiger partial charge >= 0.3 is 0 Å². The van der Waals surface area contributed by atoms with Crippen molar-refractivity contribution in [2.75, 3.05) is 13.1 Å². The number of sulfonamides is 1. The van der Waals surface area contributed by atoms with E-state index in [0.29, 0.717) is 30.6 Å². The van der Waals surface area contributed by atoms with Crippen molar-refractivity contribution in [2.24, 2.45) is 5.73 Å². The zero-order valence-electron chi connectivity index (χ0n) is 10.3. The Morgan fingerprint density at radius 3 is 2.79 bits per heavy atom. The molecule has 19 heavy (non-hydrogen) atoms. The van der Waals surface area contributed by atoms with Crippen LogP contribution < -0.4 is 5.73 Å². The lowest BCUT2D eigenvalue weighted by Crippen LogP contribution is -2.32. The van der Waals surface area contributed by atoms with E-state index in [1.807, 2.05) is 6.07 Å². The van der Waals surface area contributed by atoms with Gasteiger partial charge in [-0.1, -0.05) is 12.1 Å². The summed E-state index contributed by atoms with van der Waals surface area (Å²) in [4.78, 5) is 0. The molecule has 2 rings (SSSR count). The molecule has 1 heterocycles. The summed E-state index contributed by atoms with van der Waals surface area (Å²) in [5.41, 5.74) is 6.82. The molecule has 1 aliphatic rings. The Bertz CT molecular complexity index is 583. The molecular formula is C12H16ClN3O2S. The average Bonchev–Trinajstić information content (AvgIpc) is 2.76. The molecule has 0 saturated carbocycles. The predicted octanol–water partition coefficient (Wildman–Crippen LogP) is 0.843. The van der Waals surface area contributed by atoms with Crippen LogP contribution in [-0.2, 0) is 15.8 Å². The van der Waals surface area contributed by atoms with E-state index in [4.69, 9.17) is 11.0 Å². The van der Waals surface area contributed by atoms with E-state index >= 15 is 0 Å². The van der Waals surface area contributed by atoms with Crippen molar-refractivity contribution in [2.45, 2.75) is 18.2 Å². The lowest BCUT2D eigenvalue weighted by atomic mass is 10.2. The zero-order chi connectivity index (χ0) is 13.2. The van der Waals surface area contributed by atoms with E-state index < -0.39 is 10.0 Å². The van der Waals surface area contributed by atoms with Gasteiger partial charge in [0.05, 0.1) is 17.4 Å². The van der Waals surface area contributed by atoms with Gasteiger partial charge in [0.15, 0.2) is 0 Å². The van der Waals surface area contributed by atoms with Gasteiger partial charge in [0.25, 0.3) is 0 Å². The number of hydrogen-bond donors (Lipinski definition) is 1. The molecule has 1 atom stereocenters. The van der Waals surface area contributed by atoms with Gasteiger partial charge in [-0.15, -0.1) is 12.4 Å². The highest BCUT2D eigenvalue weighted by atomic mass is 35.5. The molecule has 0 aromatic heterocycles. The second kappa shape index (κ2) is 6.35. The highest BCUT2D eigenvalue weighted by Crippen LogP contribution is 2.17. The van der Waals surface area contributed by atoms with Crippen LogP contribution in [0.2, 0.25) is 0 Å². The molecule has 0 radical (unpaired) electrons. The van der Waals surface area contributed by atoms with Gasteiger partial charge in [-0.3, -0.25) is 0 Å². The minimum atomic E-state index is -3.33. The summed E-state index contributed by atoms with van der Waals surface area (Å²) in [6.45, 7) is 0.877. The third-order valence-corrected chi connectivity index (χ3v) is 4.80. The van der Waals surface area contributed by atoms with Crippen molar-refractivity contribution >= 4 is 22.4 Å². The first-order valence-corrected chi connectivity index (χ1v) is 7.34. The van der Waals surface area contributed by atoms with E-state index in [2.05, 4.69) is 0 Å². The molecule has 104 valence electrons. The minimum absolute atomic E-state index is 0. The van der Waals surface area contributed by atoms with Crippen LogP contribution in [0.25, 0.3) is 0 Å². The molecule has 1 fully saturated rings. The molecule has 1 saturated heterocycles. The molecule has 5 nitrogen and oxygen atoms in total. The van der Waals surface area contributed by atoms with Crippen LogP contribution in [0.3, 0.4) is 0 Å². The molecule has 1 aromatic carbocycles. The molecular weight excluding hydrogens is 286 g/mol. The number of rotatable bonds is 3. The fourth-order valence-electron chi connectivity index (χ4n) is 2.04. The Kier molecular flexibility index (Phi) is 5.32. The van der Waals surface area contributed by atoms with Crippen molar-refractivity contribution < 1.29 is 8.42 Å². The maximum absolute atomic E-state index is 12.1. The second-order valence-corrected chi connectivity index (χ2v) is 6.44. The summed E-state index contributed by atoms with van der Waals surface area (Å²) in [7, 11) is -3.33. The maximum atomic E-state index is 12.1. The smallest absolute Gasteiger partial charge is 0.218 e. The monoisotopic (exact) mass is 301 g/mol. The molecule has 1 unspecified atom stereocenters. The molecule has 1 aliphatic heterocycles. The molecule has 1 aromatic rings. The molecule has 0 amide bonds. The highest BCUT2D eigenvalue weighted by molar-refractivity contribution is 7.88. The molecule has 2 N–H and O–H groups in total. The predicted molar refractivity (Wildman–Crippen MR) is 75.2 cm³/mol. The normalized spacial score (nSPS) is 19.7. The van der Waals surface area contributed by atoms with Gasteiger partial charge in [-0.25, -0.2) is 12.7 Å². The lowest BCUT2D eigenvalue weighted by molar-refractivity contribution is 0.471. The van der Waals surface area contributed by atoms with Gasteiger partial charge in [0.1, 0.15) is 0 Å². The highest BCUT2D eigenvalue weighted by Gasteiger charge is 2.29. The van der Waals surface area contributed by atoms with Crippen molar-refractivity contribution in [3.8, 4) is 6.07 Å². The minimum Gasteiger partial charge on any atom is -0.326 e. The maximum Gasteiger partial charge on any atom is 0.218 e. The SMILES string of the molecule is Cl.N#Cc1cccc(CS(=O)(=O)N2CCC(N)C2)c1. The number of hydrogen-bond acceptors (Lipinski definition) is 4. The third kappa shape index (κ3) is 3.91. The zero-order valence-corrected chi connectivity index (χ0v) is 12.0. The van der Waals surface area contributed by atoms with E-state index in [1.165, 1.54) is 4.31 Å². The summed E-state index contributed by atoms with van der Waals surface area (Å²) in [6.07, 6.45) is 0.706.